The van der Waals surface area contributed by atoms with Crippen molar-refractivity contribution in [1.29, 1.82) is 0 Å². The van der Waals surface area contributed by atoms with Crippen molar-refractivity contribution >= 4 is 27.5 Å². The molecular formula is C11H13BrClFO2. The molecular weight excluding hydrogens is 298 g/mol. The molecule has 5 heteroatoms. The fourth-order valence-electron chi connectivity index (χ4n) is 1.29. The Labute approximate surface area is 108 Å². The van der Waals surface area contributed by atoms with Gasteiger partial charge < -0.3 is 9.84 Å². The zero-order chi connectivity index (χ0) is 12.1. The molecule has 1 unspecified atom stereocenters. The molecule has 0 aliphatic heterocycles. The number of aliphatic hydroxyl groups excluding tert-OH is 1. The molecule has 0 aliphatic rings. The van der Waals surface area contributed by atoms with Crippen LogP contribution in [0.15, 0.2) is 16.6 Å². The highest BCUT2D eigenvalue weighted by Gasteiger charge is 2.16. The average molecular weight is 312 g/mol. The summed E-state index contributed by atoms with van der Waals surface area (Å²) in [5, 5.41) is 9.74. The Hall–Kier alpha value is -0.160. The molecule has 90 valence electrons. The van der Waals surface area contributed by atoms with E-state index in [0.717, 1.165) is 0 Å². The normalized spacial score (nSPS) is 12.8. The number of rotatable bonds is 5. The molecule has 0 aromatic heterocycles. The quantitative estimate of drug-likeness (QED) is 0.663. The maximum absolute atomic E-state index is 13.7. The fraction of sp³-hybridized carbons (Fsp3) is 0.455. The number of aliphatic hydroxyl groups is 1. The maximum Gasteiger partial charge on any atom is 0.148 e. The highest BCUT2D eigenvalue weighted by Crippen LogP contribution is 2.31. The van der Waals surface area contributed by atoms with Crippen LogP contribution in [0, 0.1) is 5.82 Å². The van der Waals surface area contributed by atoms with Crippen molar-refractivity contribution in [3.8, 4) is 0 Å². The van der Waals surface area contributed by atoms with E-state index in [9.17, 15) is 9.50 Å². The lowest BCUT2D eigenvalue weighted by atomic mass is 10.1. The van der Waals surface area contributed by atoms with Gasteiger partial charge in [-0.3, -0.25) is 0 Å². The van der Waals surface area contributed by atoms with Crippen LogP contribution in [0.4, 0.5) is 4.39 Å². The monoisotopic (exact) mass is 310 g/mol. The van der Waals surface area contributed by atoms with Crippen molar-refractivity contribution < 1.29 is 14.2 Å². The Kier molecular flexibility index (Phi) is 5.69. The van der Waals surface area contributed by atoms with Gasteiger partial charge in [-0.25, -0.2) is 4.39 Å². The largest absolute Gasteiger partial charge is 0.388 e. The Balaban J connectivity index is 2.76. The smallest absolute Gasteiger partial charge is 0.148 e. The number of halogens is 3. The first-order valence-corrected chi connectivity index (χ1v) is 6.14. The molecule has 0 aliphatic carbocycles. The van der Waals surface area contributed by atoms with Gasteiger partial charge in [-0.1, -0.05) is 17.7 Å². The van der Waals surface area contributed by atoms with E-state index < -0.39 is 11.9 Å². The van der Waals surface area contributed by atoms with Crippen molar-refractivity contribution in [2.45, 2.75) is 19.4 Å². The van der Waals surface area contributed by atoms with E-state index >= 15 is 0 Å². The summed E-state index contributed by atoms with van der Waals surface area (Å²) >= 11 is 8.84. The fourth-order valence-corrected chi connectivity index (χ4v) is 1.77. The Morgan fingerprint density at radius 1 is 1.56 bits per heavy atom. The molecule has 0 bridgehead atoms. The SMILES string of the molecule is CCOCCC(O)c1ccc(Br)c(Cl)c1F. The lowest BCUT2D eigenvalue weighted by Gasteiger charge is -2.13. The third kappa shape index (κ3) is 3.42. The van der Waals surface area contributed by atoms with Crippen LogP contribution in [0.2, 0.25) is 5.02 Å². The summed E-state index contributed by atoms with van der Waals surface area (Å²) in [7, 11) is 0. The second kappa shape index (κ2) is 6.55. The van der Waals surface area contributed by atoms with Crippen molar-refractivity contribution in [1.82, 2.24) is 0 Å². The van der Waals surface area contributed by atoms with E-state index in [1.54, 1.807) is 6.07 Å². The lowest BCUT2D eigenvalue weighted by Crippen LogP contribution is -2.05. The van der Waals surface area contributed by atoms with Gasteiger partial charge in [0.25, 0.3) is 0 Å². The molecule has 0 saturated heterocycles. The zero-order valence-corrected chi connectivity index (χ0v) is 11.2. The van der Waals surface area contributed by atoms with E-state index in [-0.39, 0.29) is 10.6 Å². The summed E-state index contributed by atoms with van der Waals surface area (Å²) in [6, 6.07) is 3.13. The molecule has 0 heterocycles. The van der Waals surface area contributed by atoms with Gasteiger partial charge in [0, 0.05) is 29.7 Å². The minimum absolute atomic E-state index is 0.00652. The third-order valence-electron chi connectivity index (χ3n) is 2.16. The number of benzene rings is 1. The van der Waals surface area contributed by atoms with Crippen LogP contribution >= 0.6 is 27.5 Å². The van der Waals surface area contributed by atoms with Gasteiger partial charge in [0.15, 0.2) is 0 Å². The molecule has 1 aromatic rings. The molecule has 0 spiro atoms. The van der Waals surface area contributed by atoms with Crippen molar-refractivity contribution in [2.75, 3.05) is 13.2 Å². The third-order valence-corrected chi connectivity index (χ3v) is 3.42. The van der Waals surface area contributed by atoms with E-state index in [1.807, 2.05) is 6.92 Å². The van der Waals surface area contributed by atoms with Gasteiger partial charge in [-0.2, -0.15) is 0 Å². The van der Waals surface area contributed by atoms with E-state index in [4.69, 9.17) is 16.3 Å². The summed E-state index contributed by atoms with van der Waals surface area (Å²) in [6.07, 6.45) is -0.542. The average Bonchev–Trinajstić information content (AvgIpc) is 2.26. The van der Waals surface area contributed by atoms with Crippen LogP contribution in [-0.2, 0) is 4.74 Å². The topological polar surface area (TPSA) is 29.5 Å². The maximum atomic E-state index is 13.7. The van der Waals surface area contributed by atoms with Gasteiger partial charge in [0.2, 0.25) is 0 Å². The van der Waals surface area contributed by atoms with E-state index in [0.29, 0.717) is 24.1 Å². The predicted molar refractivity (Wildman–Crippen MR) is 65.2 cm³/mol. The van der Waals surface area contributed by atoms with Gasteiger partial charge in [0.1, 0.15) is 5.82 Å². The first-order chi connectivity index (χ1) is 7.57. The van der Waals surface area contributed by atoms with Gasteiger partial charge >= 0.3 is 0 Å². The molecule has 0 saturated carbocycles. The van der Waals surface area contributed by atoms with Crippen LogP contribution in [-0.4, -0.2) is 18.3 Å². The van der Waals surface area contributed by atoms with Gasteiger partial charge in [-0.05, 0) is 28.9 Å². The molecule has 1 N–H and O–H groups in total. The van der Waals surface area contributed by atoms with Crippen LogP contribution in [0.25, 0.3) is 0 Å². The zero-order valence-electron chi connectivity index (χ0n) is 8.84. The molecule has 16 heavy (non-hydrogen) atoms. The molecule has 0 radical (unpaired) electrons. The summed E-state index contributed by atoms with van der Waals surface area (Å²) in [6.45, 7) is 2.84. The predicted octanol–water partition coefficient (Wildman–Crippen LogP) is 3.70. The number of hydrogen-bond donors (Lipinski definition) is 1. The Bertz CT molecular complexity index is 360. The molecule has 0 amide bonds. The molecule has 1 aromatic carbocycles. The lowest BCUT2D eigenvalue weighted by molar-refractivity contribution is 0.0869. The Morgan fingerprint density at radius 3 is 2.88 bits per heavy atom. The van der Waals surface area contributed by atoms with Crippen LogP contribution in [0.1, 0.15) is 25.0 Å². The molecule has 1 atom stereocenters. The first-order valence-electron chi connectivity index (χ1n) is 4.97. The van der Waals surface area contributed by atoms with Crippen molar-refractivity contribution in [2.24, 2.45) is 0 Å². The molecule has 1 rings (SSSR count). The molecule has 2 nitrogen and oxygen atoms in total. The summed E-state index contributed by atoms with van der Waals surface area (Å²) in [5.41, 5.74) is 0.202. The van der Waals surface area contributed by atoms with Gasteiger partial charge in [-0.15, -0.1) is 0 Å². The van der Waals surface area contributed by atoms with E-state index in [2.05, 4.69) is 15.9 Å². The number of ether oxygens (including phenoxy) is 1. The summed E-state index contributed by atoms with van der Waals surface area (Å²) < 4.78 is 19.2. The highest BCUT2D eigenvalue weighted by molar-refractivity contribution is 9.10. The van der Waals surface area contributed by atoms with Crippen LogP contribution in [0.5, 0.6) is 0 Å². The van der Waals surface area contributed by atoms with Crippen molar-refractivity contribution in [3.05, 3.63) is 33.0 Å². The van der Waals surface area contributed by atoms with Gasteiger partial charge in [0.05, 0.1) is 11.1 Å². The molecule has 0 fully saturated rings. The van der Waals surface area contributed by atoms with Crippen LogP contribution < -0.4 is 0 Å². The second-order valence-corrected chi connectivity index (χ2v) is 4.50. The second-order valence-electron chi connectivity index (χ2n) is 3.27. The standard InChI is InChI=1S/C11H13BrClFO2/c1-2-16-6-5-9(15)7-3-4-8(12)10(13)11(7)14/h3-4,9,15H,2,5-6H2,1H3. The highest BCUT2D eigenvalue weighted by atomic mass is 79.9. The Morgan fingerprint density at radius 2 is 2.25 bits per heavy atom. The minimum atomic E-state index is -0.892. The number of hydrogen-bond acceptors (Lipinski definition) is 2. The minimum Gasteiger partial charge on any atom is -0.388 e. The van der Waals surface area contributed by atoms with E-state index in [1.165, 1.54) is 6.07 Å². The van der Waals surface area contributed by atoms with Crippen molar-refractivity contribution in [3.63, 3.8) is 0 Å². The first kappa shape index (κ1) is 13.9. The summed E-state index contributed by atoms with van der Waals surface area (Å²) in [4.78, 5) is 0. The van der Waals surface area contributed by atoms with Crippen LogP contribution in [0.3, 0.4) is 0 Å². The summed E-state index contributed by atoms with van der Waals surface area (Å²) in [5.74, 6) is -0.583.